The predicted octanol–water partition coefficient (Wildman–Crippen LogP) is 1.32. The highest BCUT2D eigenvalue weighted by atomic mass is 16.5. The fourth-order valence-electron chi connectivity index (χ4n) is 3.12. The fraction of sp³-hybridized carbons (Fsp3) is 0.353. The summed E-state index contributed by atoms with van der Waals surface area (Å²) in [5.41, 5.74) is 1.17. The summed E-state index contributed by atoms with van der Waals surface area (Å²) >= 11 is 0. The van der Waals surface area contributed by atoms with Gasteiger partial charge in [0.25, 0.3) is 11.5 Å². The molecule has 0 spiro atoms. The van der Waals surface area contributed by atoms with Gasteiger partial charge in [0, 0.05) is 25.5 Å². The van der Waals surface area contributed by atoms with Crippen molar-refractivity contribution < 1.29 is 9.32 Å². The second-order valence-electron chi connectivity index (χ2n) is 6.33. The maximum absolute atomic E-state index is 12.8. The molecule has 3 aromatic rings. The van der Waals surface area contributed by atoms with Crippen molar-refractivity contribution >= 4 is 11.6 Å². The Balaban J connectivity index is 1.62. The first-order chi connectivity index (χ1) is 12.0. The van der Waals surface area contributed by atoms with Gasteiger partial charge in [0.1, 0.15) is 11.2 Å². The maximum atomic E-state index is 12.8. The Morgan fingerprint density at radius 1 is 1.32 bits per heavy atom. The zero-order valence-electron chi connectivity index (χ0n) is 14.0. The van der Waals surface area contributed by atoms with Gasteiger partial charge in [0.2, 0.25) is 5.89 Å². The van der Waals surface area contributed by atoms with E-state index >= 15 is 0 Å². The zero-order valence-corrected chi connectivity index (χ0v) is 14.0. The summed E-state index contributed by atoms with van der Waals surface area (Å²) in [5.74, 6) is 0.805. The summed E-state index contributed by atoms with van der Waals surface area (Å²) in [4.78, 5) is 35.6. The largest absolute Gasteiger partial charge is 0.339 e. The molecule has 4 rings (SSSR count). The number of carbonyl (C=O) groups is 1. The Hall–Kier alpha value is -3.03. The second-order valence-corrected chi connectivity index (χ2v) is 6.33. The lowest BCUT2D eigenvalue weighted by atomic mass is 10.1. The summed E-state index contributed by atoms with van der Waals surface area (Å²) in [5, 5.41) is 3.79. The molecule has 8 nitrogen and oxygen atoms in total. The second kappa shape index (κ2) is 5.80. The van der Waals surface area contributed by atoms with Crippen LogP contribution in [0.5, 0.6) is 0 Å². The molecule has 1 unspecified atom stereocenters. The van der Waals surface area contributed by atoms with E-state index in [0.29, 0.717) is 30.5 Å². The molecule has 4 heterocycles. The van der Waals surface area contributed by atoms with Crippen molar-refractivity contribution in [1.82, 2.24) is 24.4 Å². The highest BCUT2D eigenvalue weighted by Crippen LogP contribution is 2.26. The summed E-state index contributed by atoms with van der Waals surface area (Å²) in [6.07, 6.45) is 3.78. The number of hydrogen-bond acceptors (Lipinski definition) is 6. The van der Waals surface area contributed by atoms with E-state index in [0.717, 1.165) is 12.0 Å². The van der Waals surface area contributed by atoms with E-state index < -0.39 is 0 Å². The van der Waals surface area contributed by atoms with Crippen molar-refractivity contribution in [2.75, 3.05) is 13.1 Å². The highest BCUT2D eigenvalue weighted by molar-refractivity contribution is 5.94. The average Bonchev–Trinajstić information content (AvgIpc) is 3.24. The molecule has 1 aliphatic rings. The lowest BCUT2D eigenvalue weighted by Crippen LogP contribution is -2.34. The molecule has 1 fully saturated rings. The van der Waals surface area contributed by atoms with Crippen LogP contribution in [0.4, 0.5) is 0 Å². The molecule has 1 aliphatic heterocycles. The van der Waals surface area contributed by atoms with Crippen LogP contribution in [0.1, 0.15) is 40.0 Å². The van der Waals surface area contributed by atoms with Gasteiger partial charge in [0.15, 0.2) is 5.82 Å². The van der Waals surface area contributed by atoms with Gasteiger partial charge in [-0.15, -0.1) is 0 Å². The van der Waals surface area contributed by atoms with Gasteiger partial charge in [-0.3, -0.25) is 14.0 Å². The number of aryl methyl sites for hydroxylation is 2. The number of likely N-dealkylation sites (tertiary alicyclic amines) is 1. The van der Waals surface area contributed by atoms with E-state index in [-0.39, 0.29) is 22.9 Å². The van der Waals surface area contributed by atoms with Crippen molar-refractivity contribution in [3.05, 3.63) is 57.7 Å². The van der Waals surface area contributed by atoms with Crippen LogP contribution in [-0.2, 0) is 0 Å². The number of fused-ring (bicyclic) bond motifs is 1. The molecule has 0 saturated carbocycles. The minimum absolute atomic E-state index is 0.00330. The van der Waals surface area contributed by atoms with Crippen LogP contribution in [0.15, 0.2) is 33.8 Å². The van der Waals surface area contributed by atoms with Crippen LogP contribution in [0.2, 0.25) is 0 Å². The average molecular weight is 339 g/mol. The van der Waals surface area contributed by atoms with Gasteiger partial charge in [-0.2, -0.15) is 4.98 Å². The topological polar surface area (TPSA) is 93.6 Å². The maximum Gasteiger partial charge on any atom is 0.270 e. The summed E-state index contributed by atoms with van der Waals surface area (Å²) in [6, 6.07) is 3.63. The highest BCUT2D eigenvalue weighted by Gasteiger charge is 2.32. The van der Waals surface area contributed by atoms with Crippen LogP contribution in [0, 0.1) is 13.8 Å². The van der Waals surface area contributed by atoms with Gasteiger partial charge in [-0.1, -0.05) is 11.2 Å². The number of aromatic nitrogens is 4. The standard InChI is InChI=1S/C17H17N5O3/c1-10-3-4-14-18-7-13(17(24)22(14)8-10)16(23)21-6-5-12(9-21)15-19-11(2)20-25-15/h3-4,7-8,12H,5-6,9H2,1-2H3. The van der Waals surface area contributed by atoms with E-state index in [1.165, 1.54) is 10.6 Å². The molecule has 0 bridgehead atoms. The Bertz CT molecular complexity index is 1020. The summed E-state index contributed by atoms with van der Waals surface area (Å²) < 4.78 is 6.61. The number of carbonyl (C=O) groups excluding carboxylic acids is 1. The van der Waals surface area contributed by atoms with E-state index in [9.17, 15) is 9.59 Å². The molecular formula is C17H17N5O3. The van der Waals surface area contributed by atoms with Crippen LogP contribution in [0.3, 0.4) is 0 Å². The first-order valence-corrected chi connectivity index (χ1v) is 8.10. The lowest BCUT2D eigenvalue weighted by Gasteiger charge is -2.15. The molecule has 0 aromatic carbocycles. The molecule has 3 aromatic heterocycles. The van der Waals surface area contributed by atoms with Crippen molar-refractivity contribution in [2.45, 2.75) is 26.2 Å². The van der Waals surface area contributed by atoms with Crippen LogP contribution < -0.4 is 5.56 Å². The van der Waals surface area contributed by atoms with E-state index in [2.05, 4.69) is 15.1 Å². The Kier molecular flexibility index (Phi) is 3.60. The van der Waals surface area contributed by atoms with Gasteiger partial charge >= 0.3 is 0 Å². The monoisotopic (exact) mass is 339 g/mol. The van der Waals surface area contributed by atoms with Crippen molar-refractivity contribution in [3.8, 4) is 0 Å². The number of hydrogen-bond donors (Lipinski definition) is 0. The third kappa shape index (κ3) is 2.69. The van der Waals surface area contributed by atoms with Gasteiger partial charge in [-0.05, 0) is 31.9 Å². The first kappa shape index (κ1) is 15.5. The number of pyridine rings is 1. The molecule has 1 atom stereocenters. The van der Waals surface area contributed by atoms with E-state index in [1.54, 1.807) is 24.1 Å². The lowest BCUT2D eigenvalue weighted by molar-refractivity contribution is 0.0787. The third-order valence-electron chi connectivity index (χ3n) is 4.45. The zero-order chi connectivity index (χ0) is 17.6. The Labute approximate surface area is 143 Å². The van der Waals surface area contributed by atoms with Crippen molar-refractivity contribution in [1.29, 1.82) is 0 Å². The van der Waals surface area contributed by atoms with Gasteiger partial charge in [-0.25, -0.2) is 4.98 Å². The summed E-state index contributed by atoms with van der Waals surface area (Å²) in [7, 11) is 0. The number of nitrogens with zero attached hydrogens (tertiary/aromatic N) is 5. The molecule has 25 heavy (non-hydrogen) atoms. The van der Waals surface area contributed by atoms with Crippen LogP contribution in [0.25, 0.3) is 5.65 Å². The van der Waals surface area contributed by atoms with Crippen LogP contribution >= 0.6 is 0 Å². The molecule has 0 aliphatic carbocycles. The fourth-order valence-corrected chi connectivity index (χ4v) is 3.12. The SMILES string of the molecule is Cc1ccc2ncc(C(=O)N3CCC(c4nc(C)no4)C3)c(=O)n2c1. The van der Waals surface area contributed by atoms with Crippen LogP contribution in [-0.4, -0.2) is 43.4 Å². The molecule has 128 valence electrons. The number of rotatable bonds is 2. The summed E-state index contributed by atoms with van der Waals surface area (Å²) in [6.45, 7) is 4.64. The first-order valence-electron chi connectivity index (χ1n) is 8.10. The van der Waals surface area contributed by atoms with Crippen molar-refractivity contribution in [2.24, 2.45) is 0 Å². The molecular weight excluding hydrogens is 322 g/mol. The Morgan fingerprint density at radius 3 is 2.92 bits per heavy atom. The van der Waals surface area contributed by atoms with Gasteiger partial charge in [0.05, 0.1) is 5.92 Å². The third-order valence-corrected chi connectivity index (χ3v) is 4.45. The minimum atomic E-state index is -0.351. The molecule has 0 radical (unpaired) electrons. The quantitative estimate of drug-likeness (QED) is 0.699. The van der Waals surface area contributed by atoms with Crippen molar-refractivity contribution in [3.63, 3.8) is 0 Å². The predicted molar refractivity (Wildman–Crippen MR) is 88.5 cm³/mol. The molecule has 0 N–H and O–H groups in total. The van der Waals surface area contributed by atoms with Gasteiger partial charge < -0.3 is 9.42 Å². The molecule has 1 amide bonds. The normalized spacial score (nSPS) is 17.4. The Morgan fingerprint density at radius 2 is 2.16 bits per heavy atom. The van der Waals surface area contributed by atoms with E-state index in [4.69, 9.17) is 4.52 Å². The smallest absolute Gasteiger partial charge is 0.270 e. The number of amides is 1. The molecule has 8 heteroatoms. The minimum Gasteiger partial charge on any atom is -0.339 e. The van der Waals surface area contributed by atoms with E-state index in [1.807, 2.05) is 13.0 Å². The molecule has 1 saturated heterocycles.